The summed E-state index contributed by atoms with van der Waals surface area (Å²) in [7, 11) is 0. The van der Waals surface area contributed by atoms with E-state index in [1.165, 1.54) is 35.5 Å². The summed E-state index contributed by atoms with van der Waals surface area (Å²) in [5.41, 5.74) is 10.5. The fraction of sp³-hybridized carbons (Fsp3) is 0.205. The molecule has 0 amide bonds. The van der Waals surface area contributed by atoms with Gasteiger partial charge in [-0.15, -0.1) is 53.6 Å². The molecule has 8 rings (SSSR count). The molecule has 50 heavy (non-hydrogen) atoms. The SMILES string of the molecule is Cc1ccc2nc(-c3[c-]ccc4c3oc3ccccc34)n(-c3c(C(C)C)cccc3C(C)C)c2n1.[2H]C([2H])([2H])c1c[c-]c(-c2ccc(C([2H])([2H])[2H])cn2)cc1.[Ir]. The van der Waals surface area contributed by atoms with Gasteiger partial charge in [-0.3, -0.25) is 4.98 Å². The maximum Gasteiger partial charge on any atom is 0.155 e. The van der Waals surface area contributed by atoms with Crippen molar-refractivity contribution in [3.05, 3.63) is 143 Å². The average Bonchev–Trinajstić information content (AvgIpc) is 3.72. The summed E-state index contributed by atoms with van der Waals surface area (Å²) in [6, 6.07) is 36.8. The number of aromatic nitrogens is 4. The number of fused-ring (bicyclic) bond motifs is 4. The Bertz CT molecular complexity index is 2560. The van der Waals surface area contributed by atoms with Crippen molar-refractivity contribution in [2.24, 2.45) is 0 Å². The second-order valence-corrected chi connectivity index (χ2v) is 12.8. The largest absolute Gasteiger partial charge is 0.501 e. The van der Waals surface area contributed by atoms with Crippen LogP contribution in [0.1, 0.15) is 75.7 Å². The minimum Gasteiger partial charge on any atom is -0.501 e. The molecule has 0 atom stereocenters. The first-order chi connectivity index (χ1) is 26.1. The van der Waals surface area contributed by atoms with Crippen molar-refractivity contribution in [2.75, 3.05) is 0 Å². The van der Waals surface area contributed by atoms with Gasteiger partial charge in [0.2, 0.25) is 0 Å². The van der Waals surface area contributed by atoms with Crippen molar-refractivity contribution < 1.29 is 32.7 Å². The first-order valence-electron chi connectivity index (χ1n) is 19.4. The first kappa shape index (κ1) is 27.9. The van der Waals surface area contributed by atoms with Crippen LogP contribution in [0.4, 0.5) is 0 Å². The molecular weight excluding hydrogens is 793 g/mol. The Balaban J connectivity index is 0.000000217. The Morgan fingerprint density at radius 2 is 1.52 bits per heavy atom. The molecule has 4 aromatic carbocycles. The van der Waals surface area contributed by atoms with Crippen LogP contribution in [0.2, 0.25) is 0 Å². The molecular formula is C44H40IrN4O-2. The Morgan fingerprint density at radius 3 is 2.20 bits per heavy atom. The van der Waals surface area contributed by atoms with E-state index < -0.39 is 13.7 Å². The molecule has 0 aliphatic heterocycles. The molecule has 0 fully saturated rings. The molecule has 0 bridgehead atoms. The third kappa shape index (κ3) is 6.66. The van der Waals surface area contributed by atoms with E-state index in [9.17, 15) is 0 Å². The maximum atomic E-state index is 7.28. The molecule has 1 radical (unpaired) electrons. The number of benzene rings is 4. The smallest absolute Gasteiger partial charge is 0.155 e. The van der Waals surface area contributed by atoms with Gasteiger partial charge in [-0.2, -0.15) is 0 Å². The molecule has 0 unspecified atom stereocenters. The van der Waals surface area contributed by atoms with Gasteiger partial charge in [-0.1, -0.05) is 94.0 Å². The van der Waals surface area contributed by atoms with Gasteiger partial charge >= 0.3 is 0 Å². The van der Waals surface area contributed by atoms with E-state index in [1.54, 1.807) is 12.1 Å². The zero-order chi connectivity index (χ0) is 39.2. The number of pyridine rings is 2. The second-order valence-electron chi connectivity index (χ2n) is 12.8. The van der Waals surface area contributed by atoms with Gasteiger partial charge in [0, 0.05) is 51.3 Å². The van der Waals surface area contributed by atoms with Crippen LogP contribution < -0.4 is 0 Å². The molecule has 4 heterocycles. The Hall–Kier alpha value is -4.90. The minimum absolute atomic E-state index is 0. The van der Waals surface area contributed by atoms with Crippen LogP contribution in [-0.4, -0.2) is 19.5 Å². The number of imidazole rings is 1. The second kappa shape index (κ2) is 14.5. The van der Waals surface area contributed by atoms with Gasteiger partial charge in [0.15, 0.2) is 5.65 Å². The summed E-state index contributed by atoms with van der Waals surface area (Å²) in [4.78, 5) is 14.2. The average molecular weight is 839 g/mol. The fourth-order valence-electron chi connectivity index (χ4n) is 6.20. The zero-order valence-corrected chi connectivity index (χ0v) is 30.9. The molecule has 5 nitrogen and oxygen atoms in total. The maximum absolute atomic E-state index is 7.28. The molecule has 8 aromatic rings. The van der Waals surface area contributed by atoms with Crippen LogP contribution in [0.3, 0.4) is 0 Å². The Labute approximate surface area is 316 Å². The van der Waals surface area contributed by atoms with Crippen LogP contribution in [0.15, 0.2) is 108 Å². The summed E-state index contributed by atoms with van der Waals surface area (Å²) in [6.07, 6.45) is 1.30. The van der Waals surface area contributed by atoms with E-state index in [-0.39, 0.29) is 31.2 Å². The normalized spacial score (nSPS) is 13.6. The number of aryl methyl sites for hydroxylation is 3. The molecule has 0 saturated heterocycles. The van der Waals surface area contributed by atoms with E-state index in [0.29, 0.717) is 23.1 Å². The van der Waals surface area contributed by atoms with Gasteiger partial charge in [0.25, 0.3) is 0 Å². The van der Waals surface area contributed by atoms with E-state index in [0.717, 1.165) is 55.9 Å². The van der Waals surface area contributed by atoms with Crippen molar-refractivity contribution in [3.63, 3.8) is 0 Å². The first-order valence-corrected chi connectivity index (χ1v) is 16.4. The predicted octanol–water partition coefficient (Wildman–Crippen LogP) is 11.5. The molecule has 6 heteroatoms. The molecule has 0 aliphatic rings. The summed E-state index contributed by atoms with van der Waals surface area (Å²) in [6.45, 7) is 6.66. The van der Waals surface area contributed by atoms with Crippen molar-refractivity contribution in [2.45, 2.75) is 60.2 Å². The van der Waals surface area contributed by atoms with Gasteiger partial charge in [0.05, 0.1) is 16.9 Å². The molecule has 253 valence electrons. The summed E-state index contributed by atoms with van der Waals surface area (Å²) in [5.74, 6) is 1.48. The summed E-state index contributed by atoms with van der Waals surface area (Å²) in [5, 5.41) is 2.16. The van der Waals surface area contributed by atoms with E-state index in [2.05, 4.69) is 85.8 Å². The van der Waals surface area contributed by atoms with Crippen LogP contribution in [-0.2, 0) is 20.1 Å². The monoisotopic (exact) mass is 839 g/mol. The van der Waals surface area contributed by atoms with Crippen LogP contribution in [0.5, 0.6) is 0 Å². The van der Waals surface area contributed by atoms with E-state index >= 15 is 0 Å². The fourth-order valence-corrected chi connectivity index (χ4v) is 6.20. The summed E-state index contributed by atoms with van der Waals surface area (Å²) < 4.78 is 52.3. The Morgan fingerprint density at radius 1 is 0.760 bits per heavy atom. The quantitative estimate of drug-likeness (QED) is 0.162. The topological polar surface area (TPSA) is 56.7 Å². The molecule has 0 aliphatic carbocycles. The number of rotatable bonds is 5. The minimum atomic E-state index is -2.18. The molecule has 4 aromatic heterocycles. The number of hydrogen-bond donors (Lipinski definition) is 0. The summed E-state index contributed by atoms with van der Waals surface area (Å²) >= 11 is 0. The predicted molar refractivity (Wildman–Crippen MR) is 201 cm³/mol. The van der Waals surface area contributed by atoms with E-state index in [1.807, 2.05) is 37.3 Å². The zero-order valence-electron chi connectivity index (χ0n) is 34.5. The third-order valence-corrected chi connectivity index (χ3v) is 8.62. The Kier molecular flexibility index (Phi) is 8.10. The number of para-hydroxylation sites is 2. The van der Waals surface area contributed by atoms with Gasteiger partial charge in [-0.05, 0) is 66.2 Å². The molecule has 0 spiro atoms. The van der Waals surface area contributed by atoms with Crippen molar-refractivity contribution in [1.29, 1.82) is 0 Å². The molecule has 0 N–H and O–H groups in total. The molecule has 0 saturated carbocycles. The van der Waals surface area contributed by atoms with Gasteiger partial charge < -0.3 is 14.0 Å². The number of furan rings is 1. The van der Waals surface area contributed by atoms with Crippen LogP contribution in [0, 0.1) is 32.8 Å². The van der Waals surface area contributed by atoms with Crippen LogP contribution >= 0.6 is 0 Å². The van der Waals surface area contributed by atoms with Crippen molar-refractivity contribution in [3.8, 4) is 28.3 Å². The van der Waals surface area contributed by atoms with Crippen LogP contribution in [0.25, 0.3) is 61.4 Å². The van der Waals surface area contributed by atoms with Crippen molar-refractivity contribution >= 4 is 33.1 Å². The van der Waals surface area contributed by atoms with Gasteiger partial charge in [-0.25, -0.2) is 4.98 Å². The standard InChI is InChI=1S/C31H28N3O.C13H12N.Ir/c1-18(2)21-11-8-12-22(19(3)4)28(21)34-30(33-26-17-16-20(5)32-31(26)34)25-14-9-13-24-23-10-6-7-15-27(23)35-29(24)25;1-10-3-6-12(7-4-10)13-8-5-11(2)9-14-13;/h6-13,15-19H,1-5H3;3-6,8-9H,1-2H3;/q2*-1;/i;1D3,2D3;. The third-order valence-electron chi connectivity index (χ3n) is 8.62. The number of nitrogens with zero attached hydrogens (tertiary/aromatic N) is 4. The van der Waals surface area contributed by atoms with Crippen molar-refractivity contribution in [1.82, 2.24) is 19.5 Å². The van der Waals surface area contributed by atoms with Gasteiger partial charge in [0.1, 0.15) is 5.58 Å². The number of hydrogen-bond acceptors (Lipinski definition) is 4. The van der Waals surface area contributed by atoms with E-state index in [4.69, 9.17) is 22.6 Å².